The number of aromatic nitrogens is 2. The molecule has 1 amide bonds. The summed E-state index contributed by atoms with van der Waals surface area (Å²) in [6.07, 6.45) is 0. The van der Waals surface area contributed by atoms with Crippen LogP contribution >= 0.6 is 11.3 Å². The first-order chi connectivity index (χ1) is 15.4. The van der Waals surface area contributed by atoms with Gasteiger partial charge in [-0.2, -0.15) is 0 Å². The van der Waals surface area contributed by atoms with Crippen molar-refractivity contribution in [3.8, 4) is 22.6 Å². The Morgan fingerprint density at radius 2 is 1.91 bits per heavy atom. The lowest BCUT2D eigenvalue weighted by atomic mass is 10.0. The van der Waals surface area contributed by atoms with E-state index in [9.17, 15) is 14.0 Å². The zero-order chi connectivity index (χ0) is 22.4. The summed E-state index contributed by atoms with van der Waals surface area (Å²) in [5.41, 5.74) is 1.68. The van der Waals surface area contributed by atoms with Gasteiger partial charge in [0.05, 0.1) is 5.39 Å². The van der Waals surface area contributed by atoms with Gasteiger partial charge in [-0.25, -0.2) is 9.37 Å². The summed E-state index contributed by atoms with van der Waals surface area (Å²) in [5, 5.41) is 3.21. The molecule has 162 valence electrons. The van der Waals surface area contributed by atoms with Crippen molar-refractivity contribution in [1.29, 1.82) is 0 Å². The van der Waals surface area contributed by atoms with Crippen LogP contribution in [0.1, 0.15) is 10.7 Å². The lowest BCUT2D eigenvalue weighted by molar-refractivity contribution is -0.116. The van der Waals surface area contributed by atoms with E-state index < -0.39 is 0 Å². The summed E-state index contributed by atoms with van der Waals surface area (Å²) < 4.78 is 25.4. The maximum absolute atomic E-state index is 13.4. The molecular formula is C23H18FN3O4S. The minimum Gasteiger partial charge on any atom is -0.454 e. The first-order valence-electron chi connectivity index (χ1n) is 9.86. The van der Waals surface area contributed by atoms with Crippen LogP contribution in [0.15, 0.2) is 47.3 Å². The van der Waals surface area contributed by atoms with Gasteiger partial charge in [0.25, 0.3) is 5.56 Å². The SMILES string of the molecule is Cc1sc2nc(C)n(CC(=O)Nc3ccc4c(c3)OCO4)c(=O)c2c1-c1ccc(F)cc1. The summed E-state index contributed by atoms with van der Waals surface area (Å²) in [7, 11) is 0. The number of halogens is 1. The molecule has 0 spiro atoms. The fourth-order valence-corrected chi connectivity index (χ4v) is 4.85. The van der Waals surface area contributed by atoms with Gasteiger partial charge in [0, 0.05) is 22.2 Å². The van der Waals surface area contributed by atoms with E-state index in [2.05, 4.69) is 10.3 Å². The number of thiophene rings is 1. The van der Waals surface area contributed by atoms with E-state index in [1.165, 1.54) is 28.0 Å². The van der Waals surface area contributed by atoms with Gasteiger partial charge in [-0.05, 0) is 43.7 Å². The lowest BCUT2D eigenvalue weighted by Crippen LogP contribution is -2.30. The molecule has 4 aromatic rings. The Kier molecular flexibility index (Phi) is 4.90. The number of aryl methyl sites for hydroxylation is 2. The highest BCUT2D eigenvalue weighted by Crippen LogP contribution is 2.36. The molecule has 2 aromatic heterocycles. The number of hydrogen-bond acceptors (Lipinski definition) is 6. The fourth-order valence-electron chi connectivity index (χ4n) is 3.77. The number of fused-ring (bicyclic) bond motifs is 2. The van der Waals surface area contributed by atoms with Crippen molar-refractivity contribution in [3.05, 3.63) is 69.3 Å². The van der Waals surface area contributed by atoms with Gasteiger partial charge >= 0.3 is 0 Å². The van der Waals surface area contributed by atoms with E-state index in [1.54, 1.807) is 37.3 Å². The van der Waals surface area contributed by atoms with Crippen LogP contribution in [0.4, 0.5) is 10.1 Å². The van der Waals surface area contributed by atoms with Crippen LogP contribution in [0.5, 0.6) is 11.5 Å². The molecule has 2 aromatic carbocycles. The molecule has 0 fully saturated rings. The van der Waals surface area contributed by atoms with Gasteiger partial charge in [0.1, 0.15) is 23.0 Å². The summed E-state index contributed by atoms with van der Waals surface area (Å²) in [6.45, 7) is 3.54. The van der Waals surface area contributed by atoms with Crippen LogP contribution in [0.2, 0.25) is 0 Å². The van der Waals surface area contributed by atoms with E-state index >= 15 is 0 Å². The maximum atomic E-state index is 13.4. The monoisotopic (exact) mass is 451 g/mol. The molecular weight excluding hydrogens is 433 g/mol. The van der Waals surface area contributed by atoms with E-state index in [0.29, 0.717) is 38.8 Å². The van der Waals surface area contributed by atoms with Crippen molar-refractivity contribution >= 4 is 33.1 Å². The maximum Gasteiger partial charge on any atom is 0.263 e. The Morgan fingerprint density at radius 3 is 2.69 bits per heavy atom. The van der Waals surface area contributed by atoms with Gasteiger partial charge in [0.15, 0.2) is 11.5 Å². The van der Waals surface area contributed by atoms with Crippen molar-refractivity contribution in [2.75, 3.05) is 12.1 Å². The van der Waals surface area contributed by atoms with E-state index in [0.717, 1.165) is 10.4 Å². The van der Waals surface area contributed by atoms with Gasteiger partial charge in [-0.15, -0.1) is 11.3 Å². The van der Waals surface area contributed by atoms with Crippen LogP contribution in [-0.4, -0.2) is 22.3 Å². The number of benzene rings is 2. The van der Waals surface area contributed by atoms with Crippen LogP contribution in [-0.2, 0) is 11.3 Å². The number of rotatable bonds is 4. The van der Waals surface area contributed by atoms with Crippen LogP contribution in [0.3, 0.4) is 0 Å². The lowest BCUT2D eigenvalue weighted by Gasteiger charge is -2.11. The number of nitrogens with one attached hydrogen (secondary N) is 1. The number of ether oxygens (including phenoxy) is 2. The molecule has 1 aliphatic heterocycles. The van der Waals surface area contributed by atoms with Gasteiger partial charge in [-0.3, -0.25) is 14.2 Å². The Bertz CT molecular complexity index is 1430. The third-order valence-corrected chi connectivity index (χ3v) is 6.27. The number of carbonyl (C=O) groups is 1. The zero-order valence-corrected chi connectivity index (χ0v) is 18.1. The Balaban J connectivity index is 1.50. The normalized spacial score (nSPS) is 12.3. The number of nitrogens with zero attached hydrogens (tertiary/aromatic N) is 2. The smallest absolute Gasteiger partial charge is 0.263 e. The molecule has 5 rings (SSSR count). The minimum atomic E-state index is -0.370. The quantitative estimate of drug-likeness (QED) is 0.502. The van der Waals surface area contributed by atoms with Crippen LogP contribution in [0, 0.1) is 19.7 Å². The van der Waals surface area contributed by atoms with Gasteiger partial charge < -0.3 is 14.8 Å². The molecule has 1 aliphatic rings. The zero-order valence-electron chi connectivity index (χ0n) is 17.3. The highest BCUT2D eigenvalue weighted by Gasteiger charge is 2.20. The second-order valence-electron chi connectivity index (χ2n) is 7.39. The summed E-state index contributed by atoms with van der Waals surface area (Å²) in [4.78, 5) is 32.2. The molecule has 0 aliphatic carbocycles. The molecule has 7 nitrogen and oxygen atoms in total. The first kappa shape index (κ1) is 20.2. The Labute approximate surface area is 186 Å². The van der Waals surface area contributed by atoms with Crippen molar-refractivity contribution in [3.63, 3.8) is 0 Å². The van der Waals surface area contributed by atoms with E-state index in [-0.39, 0.29) is 30.6 Å². The molecule has 32 heavy (non-hydrogen) atoms. The predicted molar refractivity (Wildman–Crippen MR) is 120 cm³/mol. The largest absolute Gasteiger partial charge is 0.454 e. The highest BCUT2D eigenvalue weighted by atomic mass is 32.1. The third-order valence-electron chi connectivity index (χ3n) is 5.27. The number of carbonyl (C=O) groups excluding carboxylic acids is 1. The first-order valence-corrected chi connectivity index (χ1v) is 10.7. The Morgan fingerprint density at radius 1 is 1.16 bits per heavy atom. The highest BCUT2D eigenvalue weighted by molar-refractivity contribution is 7.19. The standard InChI is InChI=1S/C23H18FN3O4S/c1-12-20(14-3-5-15(24)6-4-14)21-22(32-12)25-13(2)27(23(21)29)10-19(28)26-16-7-8-17-18(9-16)31-11-30-17/h3-9H,10-11H2,1-2H3,(H,26,28). The molecule has 0 radical (unpaired) electrons. The van der Waals surface area contributed by atoms with Crippen molar-refractivity contribution in [2.24, 2.45) is 0 Å². The molecule has 1 N–H and O–H groups in total. The summed E-state index contributed by atoms with van der Waals surface area (Å²) >= 11 is 1.40. The van der Waals surface area contributed by atoms with E-state index in [4.69, 9.17) is 9.47 Å². The van der Waals surface area contributed by atoms with Gasteiger partial charge in [0.2, 0.25) is 12.7 Å². The van der Waals surface area contributed by atoms with Crippen molar-refractivity contribution < 1.29 is 18.7 Å². The number of amides is 1. The number of hydrogen-bond donors (Lipinski definition) is 1. The minimum absolute atomic E-state index is 0.142. The second-order valence-corrected chi connectivity index (χ2v) is 8.59. The molecule has 0 saturated heterocycles. The predicted octanol–water partition coefficient (Wildman–Crippen LogP) is 4.25. The molecule has 0 unspecified atom stereocenters. The fraction of sp³-hybridized carbons (Fsp3) is 0.174. The summed E-state index contributed by atoms with van der Waals surface area (Å²) in [5.74, 6) is 0.890. The van der Waals surface area contributed by atoms with Crippen LogP contribution in [0.25, 0.3) is 21.3 Å². The average Bonchev–Trinajstić information content (AvgIpc) is 3.35. The third kappa shape index (κ3) is 3.50. The molecule has 0 saturated carbocycles. The molecule has 0 bridgehead atoms. The van der Waals surface area contributed by atoms with Crippen molar-refractivity contribution in [1.82, 2.24) is 9.55 Å². The topological polar surface area (TPSA) is 82.5 Å². The molecule has 3 heterocycles. The summed E-state index contributed by atoms with van der Waals surface area (Å²) in [6, 6.07) is 11.1. The second kappa shape index (κ2) is 7.76. The molecule has 9 heteroatoms. The average molecular weight is 451 g/mol. The van der Waals surface area contributed by atoms with E-state index in [1.807, 2.05) is 6.92 Å². The van der Waals surface area contributed by atoms with Crippen LogP contribution < -0.4 is 20.3 Å². The van der Waals surface area contributed by atoms with Crippen molar-refractivity contribution in [2.45, 2.75) is 20.4 Å². The number of anilines is 1. The Hall–Kier alpha value is -3.72. The van der Waals surface area contributed by atoms with Gasteiger partial charge in [-0.1, -0.05) is 12.1 Å². The molecule has 0 atom stereocenters.